The van der Waals surface area contributed by atoms with Gasteiger partial charge in [0, 0.05) is 12.3 Å². The molecule has 0 saturated carbocycles. The van der Waals surface area contributed by atoms with E-state index in [9.17, 15) is 15.2 Å². The van der Waals surface area contributed by atoms with Gasteiger partial charge in [-0.25, -0.2) is 4.98 Å². The van der Waals surface area contributed by atoms with Crippen molar-refractivity contribution < 1.29 is 10.0 Å². The lowest BCUT2D eigenvalue weighted by Crippen LogP contribution is -2.40. The zero-order valence-electron chi connectivity index (χ0n) is 8.65. The van der Waals surface area contributed by atoms with Crippen LogP contribution in [0.4, 0.5) is 0 Å². The summed E-state index contributed by atoms with van der Waals surface area (Å²) in [5, 5.41) is 29.3. The second-order valence-electron chi connectivity index (χ2n) is 3.61. The van der Waals surface area contributed by atoms with E-state index in [4.69, 9.17) is 5.26 Å². The smallest absolute Gasteiger partial charge is 0.327 e. The third-order valence-corrected chi connectivity index (χ3v) is 2.55. The molecule has 0 amide bonds. The van der Waals surface area contributed by atoms with E-state index in [1.807, 2.05) is 0 Å². The van der Waals surface area contributed by atoms with Crippen LogP contribution in [0.3, 0.4) is 0 Å². The molecule has 1 aromatic heterocycles. The Morgan fingerprint density at radius 2 is 2.47 bits per heavy atom. The van der Waals surface area contributed by atoms with Crippen LogP contribution in [0, 0.1) is 21.4 Å². The number of allylic oxidation sites excluding steroid dienone is 2. The van der Waals surface area contributed by atoms with Gasteiger partial charge < -0.3 is 5.11 Å². The van der Waals surface area contributed by atoms with Gasteiger partial charge in [0.05, 0.1) is 4.92 Å². The van der Waals surface area contributed by atoms with E-state index in [2.05, 4.69) is 4.98 Å². The maximum absolute atomic E-state index is 11.2. The largest absolute Gasteiger partial charge is 0.512 e. The van der Waals surface area contributed by atoms with E-state index in [0.717, 1.165) is 0 Å². The van der Waals surface area contributed by atoms with Gasteiger partial charge in [0.25, 0.3) is 0 Å². The molecule has 0 radical (unpaired) electrons. The lowest BCUT2D eigenvalue weighted by atomic mass is 10.00. The molecule has 0 aliphatic heterocycles. The molecule has 0 bridgehead atoms. The molecule has 1 atom stereocenters. The minimum absolute atomic E-state index is 0.0867. The summed E-state index contributed by atoms with van der Waals surface area (Å²) in [4.78, 5) is 14.4. The monoisotopic (exact) mass is 232 g/mol. The molecule has 1 N–H and O–H groups in total. The first-order valence-corrected chi connectivity index (χ1v) is 4.75. The number of imidazole rings is 1. The highest BCUT2D eigenvalue weighted by Crippen LogP contribution is 2.30. The average molecular weight is 232 g/mol. The Labute approximate surface area is 96.1 Å². The minimum Gasteiger partial charge on any atom is -0.512 e. The number of aromatic nitrogens is 2. The van der Waals surface area contributed by atoms with Crippen LogP contribution in [-0.2, 0) is 5.66 Å². The number of hydrogen-bond acceptors (Lipinski definition) is 5. The van der Waals surface area contributed by atoms with E-state index in [0.29, 0.717) is 0 Å². The van der Waals surface area contributed by atoms with Crippen LogP contribution in [0.15, 0.2) is 36.5 Å². The van der Waals surface area contributed by atoms with Gasteiger partial charge in [-0.1, -0.05) is 6.08 Å². The number of hydrogen-bond donors (Lipinski definition) is 1. The van der Waals surface area contributed by atoms with Crippen molar-refractivity contribution in [2.75, 3.05) is 0 Å². The lowest BCUT2D eigenvalue weighted by molar-refractivity contribution is -0.586. The lowest BCUT2D eigenvalue weighted by Gasteiger charge is -2.24. The zero-order chi connectivity index (χ0) is 12.5. The fourth-order valence-electron chi connectivity index (χ4n) is 1.69. The molecule has 0 saturated heterocycles. The van der Waals surface area contributed by atoms with Crippen molar-refractivity contribution >= 4 is 0 Å². The predicted octanol–water partition coefficient (Wildman–Crippen LogP) is 1.09. The molecule has 0 aromatic carbocycles. The highest BCUT2D eigenvalue weighted by atomic mass is 16.6. The van der Waals surface area contributed by atoms with Gasteiger partial charge in [-0.15, -0.1) is 0 Å². The summed E-state index contributed by atoms with van der Waals surface area (Å²) in [7, 11) is 0. The number of aliphatic hydroxyl groups excluding tert-OH is 1. The highest BCUT2D eigenvalue weighted by molar-refractivity contribution is 5.22. The van der Waals surface area contributed by atoms with E-state index in [1.54, 1.807) is 6.07 Å². The van der Waals surface area contributed by atoms with E-state index in [1.165, 1.54) is 35.3 Å². The Bertz CT molecular complexity index is 566. The second-order valence-corrected chi connectivity index (χ2v) is 3.61. The van der Waals surface area contributed by atoms with Crippen LogP contribution in [0.5, 0.6) is 0 Å². The average Bonchev–Trinajstić information content (AvgIpc) is 2.77. The molecular weight excluding hydrogens is 224 g/mol. The summed E-state index contributed by atoms with van der Waals surface area (Å²) in [5.74, 6) is -0.0867. The first-order valence-electron chi connectivity index (χ1n) is 4.75. The van der Waals surface area contributed by atoms with Crippen molar-refractivity contribution in [1.82, 2.24) is 9.55 Å². The number of rotatable bonds is 2. The number of nitro groups is 1. The summed E-state index contributed by atoms with van der Waals surface area (Å²) in [6.07, 6.45) is 6.49. The van der Waals surface area contributed by atoms with Gasteiger partial charge in [0.1, 0.15) is 24.6 Å². The maximum Gasteiger partial charge on any atom is 0.327 e. The molecule has 86 valence electrons. The number of nitriles is 1. The number of aliphatic hydroxyl groups is 1. The van der Waals surface area contributed by atoms with Crippen LogP contribution in [0.2, 0.25) is 0 Å². The summed E-state index contributed by atoms with van der Waals surface area (Å²) >= 11 is 0. The van der Waals surface area contributed by atoms with Gasteiger partial charge in [-0.2, -0.15) is 5.26 Å². The van der Waals surface area contributed by atoms with Crippen LogP contribution in [-0.4, -0.2) is 19.6 Å². The molecular formula is C10H8N4O3. The first-order chi connectivity index (χ1) is 8.08. The molecule has 7 heteroatoms. The molecule has 1 unspecified atom stereocenters. The summed E-state index contributed by atoms with van der Waals surface area (Å²) < 4.78 is 1.21. The van der Waals surface area contributed by atoms with Gasteiger partial charge in [0.15, 0.2) is 5.69 Å². The second kappa shape index (κ2) is 3.75. The molecule has 1 aliphatic carbocycles. The van der Waals surface area contributed by atoms with Gasteiger partial charge in [-0.05, 0) is 6.08 Å². The summed E-state index contributed by atoms with van der Waals surface area (Å²) in [6.45, 7) is 0. The van der Waals surface area contributed by atoms with Gasteiger partial charge >= 0.3 is 5.66 Å². The zero-order valence-corrected chi connectivity index (χ0v) is 8.65. The Kier molecular flexibility index (Phi) is 2.40. The fraction of sp³-hybridized carbons (Fsp3) is 0.200. The maximum atomic E-state index is 11.2. The van der Waals surface area contributed by atoms with Gasteiger partial charge in [0.2, 0.25) is 0 Å². The Morgan fingerprint density at radius 3 is 3.00 bits per heavy atom. The molecule has 2 rings (SSSR count). The normalized spacial score (nSPS) is 22.9. The molecule has 0 fully saturated rings. The van der Waals surface area contributed by atoms with Crippen molar-refractivity contribution in [2.24, 2.45) is 0 Å². The first kappa shape index (κ1) is 10.9. The molecule has 1 aliphatic rings. The molecule has 7 nitrogen and oxygen atoms in total. The molecule has 1 heterocycles. The van der Waals surface area contributed by atoms with Crippen LogP contribution in [0.1, 0.15) is 12.1 Å². The SMILES string of the molecule is N#Cc1cn(C2([N+](=O)[O-])C=CC=C(O)C2)cn1. The van der Waals surface area contributed by atoms with Gasteiger partial charge in [-0.3, -0.25) is 14.7 Å². The quantitative estimate of drug-likeness (QED) is 0.606. The predicted molar refractivity (Wildman–Crippen MR) is 56.4 cm³/mol. The third kappa shape index (κ3) is 1.65. The Morgan fingerprint density at radius 1 is 1.71 bits per heavy atom. The summed E-state index contributed by atoms with van der Waals surface area (Å²) in [5.41, 5.74) is -1.52. The highest BCUT2D eigenvalue weighted by Gasteiger charge is 2.44. The van der Waals surface area contributed by atoms with Crippen molar-refractivity contribution in [3.05, 3.63) is 52.3 Å². The van der Waals surface area contributed by atoms with Crippen LogP contribution in [0.25, 0.3) is 0 Å². The molecule has 0 spiro atoms. The van der Waals surface area contributed by atoms with Crippen molar-refractivity contribution in [3.63, 3.8) is 0 Å². The third-order valence-electron chi connectivity index (χ3n) is 2.55. The molecule has 1 aromatic rings. The molecule has 17 heavy (non-hydrogen) atoms. The minimum atomic E-state index is -1.61. The topological polar surface area (TPSA) is 105 Å². The van der Waals surface area contributed by atoms with Crippen LogP contribution >= 0.6 is 0 Å². The summed E-state index contributed by atoms with van der Waals surface area (Å²) in [6, 6.07) is 1.80. The van der Waals surface area contributed by atoms with Crippen molar-refractivity contribution in [2.45, 2.75) is 12.1 Å². The van der Waals surface area contributed by atoms with Crippen molar-refractivity contribution in [3.8, 4) is 6.07 Å². The fourth-order valence-corrected chi connectivity index (χ4v) is 1.69. The van der Waals surface area contributed by atoms with Crippen molar-refractivity contribution in [1.29, 1.82) is 5.26 Å². The Hall–Kier alpha value is -2.62. The van der Waals surface area contributed by atoms with E-state index in [-0.39, 0.29) is 17.9 Å². The van der Waals surface area contributed by atoms with E-state index >= 15 is 0 Å². The van der Waals surface area contributed by atoms with E-state index < -0.39 is 10.6 Å². The number of nitrogens with zero attached hydrogens (tertiary/aromatic N) is 4. The standard InChI is InChI=1S/C10H8N4O3/c11-5-8-6-13(7-12-8)10(14(16)17)3-1-2-9(15)4-10/h1-3,6-7,15H,4H2. The Balaban J connectivity index is 2.50. The van der Waals surface area contributed by atoms with Crippen LogP contribution < -0.4 is 0 Å².